The zero-order valence-electron chi connectivity index (χ0n) is 13.7. The van der Waals surface area contributed by atoms with Gasteiger partial charge in [-0.05, 0) is 19.1 Å². The zero-order valence-corrected chi connectivity index (χ0v) is 15.4. The molecule has 1 aromatic carbocycles. The van der Waals surface area contributed by atoms with Gasteiger partial charge in [0, 0.05) is 44.4 Å². The molecule has 1 atom stereocenters. The molecule has 1 aromatic rings. The van der Waals surface area contributed by atoms with Gasteiger partial charge in [-0.2, -0.15) is 0 Å². The molecule has 24 heavy (non-hydrogen) atoms. The highest BCUT2D eigenvalue weighted by atomic mass is 35.5. The number of fused-ring (bicyclic) bond motifs is 1. The molecule has 0 radical (unpaired) electrons. The van der Waals surface area contributed by atoms with Crippen LogP contribution in [0.3, 0.4) is 0 Å². The Morgan fingerprint density at radius 3 is 2.54 bits per heavy atom. The van der Waals surface area contributed by atoms with Crippen molar-refractivity contribution in [2.24, 2.45) is 0 Å². The van der Waals surface area contributed by atoms with Gasteiger partial charge in [0.2, 0.25) is 5.91 Å². The predicted molar refractivity (Wildman–Crippen MR) is 99.1 cm³/mol. The molecular formula is C16H25Cl2N3O3. The van der Waals surface area contributed by atoms with Gasteiger partial charge < -0.3 is 20.1 Å². The van der Waals surface area contributed by atoms with E-state index in [9.17, 15) is 4.79 Å². The van der Waals surface area contributed by atoms with Gasteiger partial charge in [0.25, 0.3) is 0 Å². The Morgan fingerprint density at radius 1 is 1.17 bits per heavy atom. The first-order chi connectivity index (χ1) is 10.7. The van der Waals surface area contributed by atoms with E-state index in [2.05, 4.69) is 15.5 Å². The van der Waals surface area contributed by atoms with Gasteiger partial charge in [0.1, 0.15) is 0 Å². The van der Waals surface area contributed by atoms with Crippen LogP contribution in [-0.2, 0) is 4.79 Å². The highest BCUT2D eigenvalue weighted by molar-refractivity contribution is 5.94. The SMILES string of the molecule is CC(C(=O)Nc1ccc2c(c1)OCCCO2)N1CCNCC1.Cl.Cl. The number of anilines is 1. The van der Waals surface area contributed by atoms with E-state index in [0.29, 0.717) is 19.0 Å². The maximum atomic E-state index is 12.4. The Bertz CT molecular complexity index is 539. The third kappa shape index (κ3) is 5.14. The highest BCUT2D eigenvalue weighted by Gasteiger charge is 2.23. The predicted octanol–water partition coefficient (Wildman–Crippen LogP) is 1.92. The fraction of sp³-hybridized carbons (Fsp3) is 0.562. The van der Waals surface area contributed by atoms with Crippen molar-refractivity contribution in [1.29, 1.82) is 0 Å². The van der Waals surface area contributed by atoms with E-state index in [4.69, 9.17) is 9.47 Å². The Hall–Kier alpha value is -1.21. The van der Waals surface area contributed by atoms with Crippen LogP contribution in [0.15, 0.2) is 18.2 Å². The summed E-state index contributed by atoms with van der Waals surface area (Å²) in [5.41, 5.74) is 0.747. The second-order valence-electron chi connectivity index (χ2n) is 5.66. The van der Waals surface area contributed by atoms with E-state index in [0.717, 1.165) is 44.0 Å². The Balaban J connectivity index is 0.00000144. The van der Waals surface area contributed by atoms with Crippen LogP contribution in [-0.4, -0.2) is 56.2 Å². The van der Waals surface area contributed by atoms with Crippen LogP contribution < -0.4 is 20.1 Å². The monoisotopic (exact) mass is 377 g/mol. The van der Waals surface area contributed by atoms with Crippen LogP contribution in [0.2, 0.25) is 0 Å². The number of piperazine rings is 1. The molecular weight excluding hydrogens is 353 g/mol. The molecule has 0 aromatic heterocycles. The quantitative estimate of drug-likeness (QED) is 0.842. The fourth-order valence-corrected chi connectivity index (χ4v) is 2.72. The summed E-state index contributed by atoms with van der Waals surface area (Å²) in [6.45, 7) is 6.92. The topological polar surface area (TPSA) is 62.8 Å². The van der Waals surface area contributed by atoms with Crippen LogP contribution in [0.1, 0.15) is 13.3 Å². The van der Waals surface area contributed by atoms with E-state index in [1.54, 1.807) is 0 Å². The lowest BCUT2D eigenvalue weighted by atomic mass is 10.2. The molecule has 0 bridgehead atoms. The van der Waals surface area contributed by atoms with Crippen molar-refractivity contribution in [2.45, 2.75) is 19.4 Å². The largest absolute Gasteiger partial charge is 0.490 e. The third-order valence-corrected chi connectivity index (χ3v) is 4.09. The molecule has 2 N–H and O–H groups in total. The summed E-state index contributed by atoms with van der Waals surface area (Å²) in [4.78, 5) is 14.6. The Kier molecular flexibility index (Phi) is 8.62. The number of halogens is 2. The van der Waals surface area contributed by atoms with Crippen molar-refractivity contribution >= 4 is 36.4 Å². The normalized spacial score (nSPS) is 18.4. The number of ether oxygens (including phenoxy) is 2. The lowest BCUT2D eigenvalue weighted by molar-refractivity contribution is -0.120. The smallest absolute Gasteiger partial charge is 0.241 e. The lowest BCUT2D eigenvalue weighted by Gasteiger charge is -2.31. The minimum Gasteiger partial charge on any atom is -0.490 e. The fourth-order valence-electron chi connectivity index (χ4n) is 2.72. The Morgan fingerprint density at radius 2 is 1.83 bits per heavy atom. The number of hydrogen-bond donors (Lipinski definition) is 2. The standard InChI is InChI=1S/C16H23N3O3.2ClH/c1-12(19-7-5-17-6-8-19)16(20)18-13-3-4-14-15(11-13)22-10-2-9-21-14;;/h3-4,11-12,17H,2,5-10H2,1H3,(H,18,20);2*1H. The van der Waals surface area contributed by atoms with Crippen LogP contribution in [0, 0.1) is 0 Å². The summed E-state index contributed by atoms with van der Waals surface area (Å²) < 4.78 is 11.3. The molecule has 1 saturated heterocycles. The number of nitrogens with zero attached hydrogens (tertiary/aromatic N) is 1. The summed E-state index contributed by atoms with van der Waals surface area (Å²) in [6, 6.07) is 5.41. The summed E-state index contributed by atoms with van der Waals surface area (Å²) in [5.74, 6) is 1.45. The molecule has 2 aliphatic heterocycles. The number of hydrogen-bond acceptors (Lipinski definition) is 5. The number of nitrogens with one attached hydrogen (secondary N) is 2. The number of benzene rings is 1. The number of amides is 1. The summed E-state index contributed by atoms with van der Waals surface area (Å²) >= 11 is 0. The second-order valence-corrected chi connectivity index (χ2v) is 5.66. The summed E-state index contributed by atoms with van der Waals surface area (Å²) in [7, 11) is 0. The van der Waals surface area contributed by atoms with Gasteiger partial charge in [0.05, 0.1) is 19.3 Å². The van der Waals surface area contributed by atoms with Crippen molar-refractivity contribution in [3.63, 3.8) is 0 Å². The van der Waals surface area contributed by atoms with E-state index in [-0.39, 0.29) is 36.8 Å². The van der Waals surface area contributed by atoms with Crippen molar-refractivity contribution < 1.29 is 14.3 Å². The van der Waals surface area contributed by atoms with E-state index in [1.165, 1.54) is 0 Å². The lowest BCUT2D eigenvalue weighted by Crippen LogP contribution is -2.51. The second kappa shape index (κ2) is 9.93. The molecule has 0 spiro atoms. The minimum atomic E-state index is -0.141. The van der Waals surface area contributed by atoms with Crippen molar-refractivity contribution in [1.82, 2.24) is 10.2 Å². The number of carbonyl (C=O) groups excluding carboxylic acids is 1. The average Bonchev–Trinajstić information content (AvgIpc) is 2.79. The van der Waals surface area contributed by atoms with Crippen LogP contribution >= 0.6 is 24.8 Å². The van der Waals surface area contributed by atoms with Gasteiger partial charge in [0.15, 0.2) is 11.5 Å². The average molecular weight is 378 g/mol. The van der Waals surface area contributed by atoms with Gasteiger partial charge in [-0.25, -0.2) is 0 Å². The Labute approximate surface area is 155 Å². The third-order valence-electron chi connectivity index (χ3n) is 4.09. The molecule has 1 unspecified atom stereocenters. The molecule has 8 heteroatoms. The molecule has 2 aliphatic rings. The van der Waals surface area contributed by atoms with Gasteiger partial charge in [-0.15, -0.1) is 24.8 Å². The van der Waals surface area contributed by atoms with E-state index < -0.39 is 0 Å². The van der Waals surface area contributed by atoms with Crippen molar-refractivity contribution in [2.75, 3.05) is 44.7 Å². The van der Waals surface area contributed by atoms with Crippen LogP contribution in [0.25, 0.3) is 0 Å². The molecule has 6 nitrogen and oxygen atoms in total. The number of carbonyl (C=O) groups is 1. The molecule has 0 aliphatic carbocycles. The first-order valence-corrected chi connectivity index (χ1v) is 7.89. The van der Waals surface area contributed by atoms with Crippen molar-refractivity contribution in [3.8, 4) is 11.5 Å². The van der Waals surface area contributed by atoms with Gasteiger partial charge in [-0.3, -0.25) is 9.69 Å². The van der Waals surface area contributed by atoms with Gasteiger partial charge in [-0.1, -0.05) is 0 Å². The summed E-state index contributed by atoms with van der Waals surface area (Å²) in [5, 5.41) is 6.27. The van der Waals surface area contributed by atoms with Crippen molar-refractivity contribution in [3.05, 3.63) is 18.2 Å². The molecule has 1 amide bonds. The molecule has 0 saturated carbocycles. The first kappa shape index (κ1) is 20.8. The first-order valence-electron chi connectivity index (χ1n) is 7.89. The molecule has 2 heterocycles. The van der Waals surface area contributed by atoms with Crippen LogP contribution in [0.4, 0.5) is 5.69 Å². The maximum absolute atomic E-state index is 12.4. The zero-order chi connectivity index (χ0) is 15.4. The molecule has 136 valence electrons. The van der Waals surface area contributed by atoms with Crippen LogP contribution in [0.5, 0.6) is 11.5 Å². The van der Waals surface area contributed by atoms with E-state index >= 15 is 0 Å². The summed E-state index contributed by atoms with van der Waals surface area (Å²) in [6.07, 6.45) is 0.871. The molecule has 1 fully saturated rings. The maximum Gasteiger partial charge on any atom is 0.241 e. The number of rotatable bonds is 3. The van der Waals surface area contributed by atoms with E-state index in [1.807, 2.05) is 25.1 Å². The van der Waals surface area contributed by atoms with Gasteiger partial charge >= 0.3 is 0 Å². The molecule has 3 rings (SSSR count). The highest BCUT2D eigenvalue weighted by Crippen LogP contribution is 2.32. The minimum absolute atomic E-state index is 0.